The first kappa shape index (κ1) is 26.7. The van der Waals surface area contributed by atoms with E-state index in [-0.39, 0.29) is 6.26 Å². The lowest BCUT2D eigenvalue weighted by Crippen LogP contribution is -2.58. The Kier molecular flexibility index (Phi) is 7.94. The van der Waals surface area contributed by atoms with Crippen molar-refractivity contribution in [1.29, 1.82) is 0 Å². The lowest BCUT2D eigenvalue weighted by Gasteiger charge is -2.33. The van der Waals surface area contributed by atoms with Crippen LogP contribution in [0.4, 0.5) is 35.1 Å². The van der Waals surface area contributed by atoms with Crippen molar-refractivity contribution in [3.63, 3.8) is 0 Å². The number of halogens is 8. The van der Waals surface area contributed by atoms with Gasteiger partial charge in [0.15, 0.2) is 10.1 Å². The lowest BCUT2D eigenvalue weighted by molar-refractivity contribution is -0.356. The fourth-order valence-electron chi connectivity index (χ4n) is 1.38. The van der Waals surface area contributed by atoms with Crippen LogP contribution in [0.25, 0.3) is 0 Å². The van der Waals surface area contributed by atoms with Gasteiger partial charge in [-0.15, -0.1) is 0 Å². The largest absolute Gasteiger partial charge is 0.743 e. The minimum Gasteiger partial charge on any atom is -0.743 e. The second-order valence-corrected chi connectivity index (χ2v) is 6.18. The predicted molar refractivity (Wildman–Crippen MR) is 71.6 cm³/mol. The van der Waals surface area contributed by atoms with Crippen LogP contribution in [-0.2, 0) is 33.9 Å². The standard InChI is InChI=1S/C12H10F8O8S/c1-3-26-8(22)10(11(16,17)18,28-7(21)6(2)13)27-5-4-9(14,15)12(19,20)29(23,24)25/h3H,1-2,4-5H2,(H,23,24,25)/p-1. The smallest absolute Gasteiger partial charge is 0.468 e. The van der Waals surface area contributed by atoms with Crippen LogP contribution in [0.5, 0.6) is 0 Å². The Morgan fingerprint density at radius 3 is 1.90 bits per heavy atom. The van der Waals surface area contributed by atoms with Crippen LogP contribution >= 0.6 is 0 Å². The van der Waals surface area contributed by atoms with Gasteiger partial charge in [-0.05, 0) is 0 Å². The average Bonchev–Trinajstić information content (AvgIpc) is 2.51. The molecule has 0 heterocycles. The summed E-state index contributed by atoms with van der Waals surface area (Å²) in [5, 5.41) is -6.28. The third-order valence-corrected chi connectivity index (χ3v) is 3.68. The summed E-state index contributed by atoms with van der Waals surface area (Å²) in [7, 11) is -6.97. The molecule has 0 aromatic carbocycles. The molecule has 0 aliphatic heterocycles. The van der Waals surface area contributed by atoms with Gasteiger partial charge in [0, 0.05) is 6.42 Å². The fourth-order valence-corrected chi connectivity index (χ4v) is 1.84. The lowest BCUT2D eigenvalue weighted by atomic mass is 10.2. The summed E-state index contributed by atoms with van der Waals surface area (Å²) < 4.78 is 146. The molecule has 0 aliphatic rings. The molecule has 168 valence electrons. The summed E-state index contributed by atoms with van der Waals surface area (Å²) in [6.45, 7) is 2.65. The maximum atomic E-state index is 13.3. The van der Waals surface area contributed by atoms with Crippen LogP contribution in [-0.4, -0.2) is 54.7 Å². The highest BCUT2D eigenvalue weighted by Crippen LogP contribution is 2.42. The van der Waals surface area contributed by atoms with Gasteiger partial charge < -0.3 is 18.8 Å². The second kappa shape index (κ2) is 8.62. The van der Waals surface area contributed by atoms with Gasteiger partial charge >= 0.3 is 35.1 Å². The van der Waals surface area contributed by atoms with Gasteiger partial charge in [0.25, 0.3) is 0 Å². The predicted octanol–water partition coefficient (Wildman–Crippen LogP) is 2.14. The van der Waals surface area contributed by atoms with Crippen molar-refractivity contribution in [1.82, 2.24) is 0 Å². The highest BCUT2D eigenvalue weighted by atomic mass is 32.2. The summed E-state index contributed by atoms with van der Waals surface area (Å²) in [5.74, 6) is -18.3. The number of rotatable bonds is 10. The van der Waals surface area contributed by atoms with E-state index in [0.717, 1.165) is 0 Å². The van der Waals surface area contributed by atoms with Gasteiger partial charge in [0.1, 0.15) is 0 Å². The molecule has 0 fully saturated rings. The molecule has 8 nitrogen and oxygen atoms in total. The summed E-state index contributed by atoms with van der Waals surface area (Å²) in [6.07, 6.45) is -8.74. The number of carbonyl (C=O) groups is 2. The Morgan fingerprint density at radius 2 is 1.55 bits per heavy atom. The third kappa shape index (κ3) is 5.63. The molecule has 0 saturated heterocycles. The molecule has 0 aromatic rings. The molecule has 0 aromatic heterocycles. The monoisotopic (exact) mass is 465 g/mol. The minimum atomic E-state index is -6.97. The highest BCUT2D eigenvalue weighted by Gasteiger charge is 2.69. The summed E-state index contributed by atoms with van der Waals surface area (Å²) >= 11 is 0. The first-order chi connectivity index (χ1) is 12.8. The molecule has 17 heteroatoms. The van der Waals surface area contributed by atoms with Gasteiger partial charge in [0.2, 0.25) is 5.83 Å². The van der Waals surface area contributed by atoms with E-state index in [2.05, 4.69) is 27.4 Å². The fraction of sp³-hybridized carbons (Fsp3) is 0.500. The maximum absolute atomic E-state index is 13.3. The van der Waals surface area contributed by atoms with Crippen molar-refractivity contribution in [3.05, 3.63) is 25.2 Å². The zero-order valence-corrected chi connectivity index (χ0v) is 14.4. The SMILES string of the molecule is C=COC(=O)C(OCCC(F)(F)C(F)(F)S(=O)(=O)[O-])(OC(=O)C(=C)F)C(F)(F)F. The Hall–Kier alpha value is -2.27. The zero-order chi connectivity index (χ0) is 23.5. The van der Waals surface area contributed by atoms with Crippen molar-refractivity contribution in [2.24, 2.45) is 0 Å². The van der Waals surface area contributed by atoms with E-state index in [4.69, 9.17) is 0 Å². The van der Waals surface area contributed by atoms with Crippen LogP contribution in [0.3, 0.4) is 0 Å². The molecular formula is C12H9F8O8S-. The quantitative estimate of drug-likeness (QED) is 0.120. The van der Waals surface area contributed by atoms with Crippen molar-refractivity contribution in [2.45, 2.75) is 29.6 Å². The van der Waals surface area contributed by atoms with Crippen LogP contribution in [0.15, 0.2) is 25.2 Å². The van der Waals surface area contributed by atoms with Crippen molar-refractivity contribution in [2.75, 3.05) is 6.61 Å². The highest BCUT2D eigenvalue weighted by molar-refractivity contribution is 7.86. The summed E-state index contributed by atoms with van der Waals surface area (Å²) in [4.78, 5) is 22.6. The molecule has 0 radical (unpaired) electrons. The number of carbonyl (C=O) groups excluding carboxylic acids is 2. The molecule has 0 saturated carbocycles. The molecule has 1 atom stereocenters. The van der Waals surface area contributed by atoms with E-state index in [9.17, 15) is 57.7 Å². The molecule has 0 N–H and O–H groups in total. The minimum absolute atomic E-state index is 0.0248. The molecule has 0 bridgehead atoms. The van der Waals surface area contributed by atoms with Crippen molar-refractivity contribution in [3.8, 4) is 0 Å². The van der Waals surface area contributed by atoms with E-state index in [0.29, 0.717) is 0 Å². The van der Waals surface area contributed by atoms with Gasteiger partial charge in [0.05, 0.1) is 12.9 Å². The third-order valence-electron chi connectivity index (χ3n) is 2.75. The number of hydrogen-bond acceptors (Lipinski definition) is 8. The van der Waals surface area contributed by atoms with Crippen LogP contribution < -0.4 is 0 Å². The van der Waals surface area contributed by atoms with Crippen molar-refractivity contribution >= 4 is 22.1 Å². The maximum Gasteiger partial charge on any atom is 0.468 e. The molecule has 0 spiro atoms. The van der Waals surface area contributed by atoms with Gasteiger partial charge in [-0.3, -0.25) is 0 Å². The average molecular weight is 465 g/mol. The molecule has 0 amide bonds. The Labute approximate surface area is 156 Å². The van der Waals surface area contributed by atoms with Crippen LogP contribution in [0.2, 0.25) is 0 Å². The summed E-state index contributed by atoms with van der Waals surface area (Å²) in [5.41, 5.74) is 0. The van der Waals surface area contributed by atoms with Gasteiger partial charge in [-0.25, -0.2) is 18.0 Å². The Morgan fingerprint density at radius 1 is 1.07 bits per heavy atom. The Bertz CT molecular complexity index is 775. The molecule has 29 heavy (non-hydrogen) atoms. The first-order valence-electron chi connectivity index (χ1n) is 6.58. The normalized spacial score (nSPS) is 15.2. The topological polar surface area (TPSA) is 119 Å². The summed E-state index contributed by atoms with van der Waals surface area (Å²) in [6, 6.07) is 0. The number of alkyl halides is 7. The first-order valence-corrected chi connectivity index (χ1v) is 7.99. The number of hydrogen-bond donors (Lipinski definition) is 0. The second-order valence-electron chi connectivity index (χ2n) is 4.75. The molecule has 0 aliphatic carbocycles. The van der Waals surface area contributed by atoms with Crippen LogP contribution in [0.1, 0.15) is 6.42 Å². The van der Waals surface area contributed by atoms with Crippen LogP contribution in [0, 0.1) is 0 Å². The molecule has 1 unspecified atom stereocenters. The van der Waals surface area contributed by atoms with E-state index >= 15 is 0 Å². The van der Waals surface area contributed by atoms with E-state index < -0.39 is 64.1 Å². The van der Waals surface area contributed by atoms with E-state index in [1.165, 1.54) is 0 Å². The zero-order valence-electron chi connectivity index (χ0n) is 13.6. The molecule has 0 rings (SSSR count). The Balaban J connectivity index is 5.96. The van der Waals surface area contributed by atoms with E-state index in [1.54, 1.807) is 0 Å². The van der Waals surface area contributed by atoms with Crippen molar-refractivity contribution < 1.29 is 71.9 Å². The van der Waals surface area contributed by atoms with Gasteiger partial charge in [-0.1, -0.05) is 13.2 Å². The van der Waals surface area contributed by atoms with E-state index in [1.807, 2.05) is 0 Å². The van der Waals surface area contributed by atoms with Gasteiger partial charge in [-0.2, -0.15) is 35.1 Å². The number of ether oxygens (including phenoxy) is 3. The number of esters is 2. The molecular weight excluding hydrogens is 456 g/mol.